The minimum absolute atomic E-state index is 0.190. The molecule has 0 aliphatic heterocycles. The molecule has 0 unspecified atom stereocenters. The highest BCUT2D eigenvalue weighted by Crippen LogP contribution is 2.19. The molecule has 0 radical (unpaired) electrons. The molecule has 6 nitrogen and oxygen atoms in total. The molecule has 7 heteroatoms. The third kappa shape index (κ3) is 3.85. The maximum atomic E-state index is 12.5. The Balaban J connectivity index is 1.91. The zero-order chi connectivity index (χ0) is 19.6. The Morgan fingerprint density at radius 1 is 1.22 bits per heavy atom. The van der Waals surface area contributed by atoms with E-state index in [0.29, 0.717) is 16.4 Å². The first-order valence-corrected chi connectivity index (χ1v) is 8.65. The number of aromatic hydroxyl groups is 1. The normalized spacial score (nSPS) is 10.6. The van der Waals surface area contributed by atoms with Crippen LogP contribution in [0, 0.1) is 6.92 Å². The molecule has 27 heavy (non-hydrogen) atoms. The fourth-order valence-corrected chi connectivity index (χ4v) is 2.81. The molecule has 0 saturated heterocycles. The molecule has 0 atom stereocenters. The van der Waals surface area contributed by atoms with E-state index >= 15 is 0 Å². The standard InChI is InChI=1S/C20H18ClN3O3/c1-12-8-9-13(10-15(12)21)11-22-19(26)16-17(25)20(27)24(2)18(23-16)14-6-4-3-5-7-14/h3-10,25H,11H2,1-2H3,(H,22,26). The Labute approximate surface area is 161 Å². The van der Waals surface area contributed by atoms with Crippen LogP contribution in [-0.4, -0.2) is 20.6 Å². The van der Waals surface area contributed by atoms with Crippen LogP contribution in [0.4, 0.5) is 0 Å². The second-order valence-electron chi connectivity index (χ2n) is 6.13. The minimum Gasteiger partial charge on any atom is -0.501 e. The van der Waals surface area contributed by atoms with Crippen LogP contribution in [0.1, 0.15) is 21.6 Å². The second-order valence-corrected chi connectivity index (χ2v) is 6.54. The van der Waals surface area contributed by atoms with E-state index in [1.165, 1.54) is 11.6 Å². The van der Waals surface area contributed by atoms with Gasteiger partial charge in [0.1, 0.15) is 5.82 Å². The number of halogens is 1. The maximum Gasteiger partial charge on any atom is 0.296 e. The summed E-state index contributed by atoms with van der Waals surface area (Å²) in [6.07, 6.45) is 0. The third-order valence-electron chi connectivity index (χ3n) is 4.20. The summed E-state index contributed by atoms with van der Waals surface area (Å²) in [4.78, 5) is 29.1. The Hall–Kier alpha value is -3.12. The quantitative estimate of drug-likeness (QED) is 0.725. The molecule has 0 saturated carbocycles. The molecule has 3 rings (SSSR count). The van der Waals surface area contributed by atoms with Gasteiger partial charge in [-0.3, -0.25) is 14.2 Å². The van der Waals surface area contributed by atoms with Crippen molar-refractivity contribution in [2.24, 2.45) is 7.05 Å². The number of amides is 1. The molecule has 138 valence electrons. The molecule has 1 aromatic heterocycles. The van der Waals surface area contributed by atoms with Crippen LogP contribution < -0.4 is 10.9 Å². The van der Waals surface area contributed by atoms with E-state index in [-0.39, 0.29) is 12.2 Å². The van der Waals surface area contributed by atoms with Crippen LogP contribution in [0.5, 0.6) is 5.75 Å². The number of rotatable bonds is 4. The van der Waals surface area contributed by atoms with Crippen molar-refractivity contribution in [3.63, 3.8) is 0 Å². The number of benzene rings is 2. The van der Waals surface area contributed by atoms with Crippen LogP contribution in [0.15, 0.2) is 53.3 Å². The predicted octanol–water partition coefficient (Wildman–Crippen LogP) is 3.04. The van der Waals surface area contributed by atoms with Gasteiger partial charge in [-0.2, -0.15) is 0 Å². The molecule has 3 aromatic rings. The highest BCUT2D eigenvalue weighted by Gasteiger charge is 2.20. The first-order valence-electron chi connectivity index (χ1n) is 8.27. The lowest BCUT2D eigenvalue weighted by molar-refractivity contribution is 0.0942. The van der Waals surface area contributed by atoms with Crippen molar-refractivity contribution in [2.75, 3.05) is 0 Å². The fourth-order valence-electron chi connectivity index (χ4n) is 2.61. The van der Waals surface area contributed by atoms with Gasteiger partial charge in [-0.25, -0.2) is 4.98 Å². The SMILES string of the molecule is Cc1ccc(CNC(=O)c2nc(-c3ccccc3)n(C)c(=O)c2O)cc1Cl. The van der Waals surface area contributed by atoms with Gasteiger partial charge < -0.3 is 10.4 Å². The summed E-state index contributed by atoms with van der Waals surface area (Å²) in [5.41, 5.74) is 1.40. The molecule has 0 spiro atoms. The fraction of sp³-hybridized carbons (Fsp3) is 0.150. The van der Waals surface area contributed by atoms with Gasteiger partial charge in [0.05, 0.1) is 0 Å². The summed E-state index contributed by atoms with van der Waals surface area (Å²) in [5, 5.41) is 13.4. The summed E-state index contributed by atoms with van der Waals surface area (Å²) in [7, 11) is 1.49. The number of nitrogens with zero attached hydrogens (tertiary/aromatic N) is 2. The summed E-state index contributed by atoms with van der Waals surface area (Å²) in [6.45, 7) is 2.08. The van der Waals surface area contributed by atoms with Gasteiger partial charge in [-0.05, 0) is 24.1 Å². The van der Waals surface area contributed by atoms with Crippen molar-refractivity contribution in [1.29, 1.82) is 0 Å². The predicted molar refractivity (Wildman–Crippen MR) is 104 cm³/mol. The van der Waals surface area contributed by atoms with E-state index < -0.39 is 17.2 Å². The van der Waals surface area contributed by atoms with Crippen LogP contribution in [0.3, 0.4) is 0 Å². The summed E-state index contributed by atoms with van der Waals surface area (Å²) >= 11 is 6.09. The topological polar surface area (TPSA) is 84.2 Å². The number of carbonyl (C=O) groups excluding carboxylic acids is 1. The van der Waals surface area contributed by atoms with Gasteiger partial charge in [-0.1, -0.05) is 54.1 Å². The molecular formula is C20H18ClN3O3. The van der Waals surface area contributed by atoms with Gasteiger partial charge in [0.15, 0.2) is 5.69 Å². The number of hydrogen-bond acceptors (Lipinski definition) is 4. The monoisotopic (exact) mass is 383 g/mol. The lowest BCUT2D eigenvalue weighted by Gasteiger charge is -2.12. The van der Waals surface area contributed by atoms with Gasteiger partial charge in [0.25, 0.3) is 11.5 Å². The average Bonchev–Trinajstić information content (AvgIpc) is 2.68. The average molecular weight is 384 g/mol. The van der Waals surface area contributed by atoms with Crippen LogP contribution in [-0.2, 0) is 13.6 Å². The number of carbonyl (C=O) groups is 1. The Bertz CT molecular complexity index is 1060. The van der Waals surface area contributed by atoms with E-state index in [1.54, 1.807) is 30.3 Å². The zero-order valence-corrected chi connectivity index (χ0v) is 15.6. The summed E-state index contributed by atoms with van der Waals surface area (Å²) < 4.78 is 1.21. The van der Waals surface area contributed by atoms with Crippen molar-refractivity contribution in [1.82, 2.24) is 14.9 Å². The largest absolute Gasteiger partial charge is 0.501 e. The van der Waals surface area contributed by atoms with E-state index in [1.807, 2.05) is 25.1 Å². The summed E-state index contributed by atoms with van der Waals surface area (Å²) in [6, 6.07) is 14.4. The molecule has 1 amide bonds. The number of aryl methyl sites for hydroxylation is 1. The van der Waals surface area contributed by atoms with E-state index in [9.17, 15) is 14.7 Å². The molecule has 0 aliphatic rings. The van der Waals surface area contributed by atoms with Crippen LogP contribution >= 0.6 is 11.6 Å². The number of nitrogens with one attached hydrogen (secondary N) is 1. The van der Waals surface area contributed by atoms with Crippen molar-refractivity contribution in [2.45, 2.75) is 13.5 Å². The lowest BCUT2D eigenvalue weighted by atomic mass is 10.1. The Morgan fingerprint density at radius 2 is 1.93 bits per heavy atom. The molecule has 0 aliphatic carbocycles. The van der Waals surface area contributed by atoms with Crippen molar-refractivity contribution in [3.05, 3.63) is 80.7 Å². The number of hydrogen-bond donors (Lipinski definition) is 2. The van der Waals surface area contributed by atoms with E-state index in [4.69, 9.17) is 11.6 Å². The lowest BCUT2D eigenvalue weighted by Crippen LogP contribution is -2.29. The molecule has 1 heterocycles. The Morgan fingerprint density at radius 3 is 2.59 bits per heavy atom. The van der Waals surface area contributed by atoms with Crippen molar-refractivity contribution < 1.29 is 9.90 Å². The van der Waals surface area contributed by atoms with Gasteiger partial charge in [0.2, 0.25) is 5.75 Å². The maximum absolute atomic E-state index is 12.5. The molecule has 0 bridgehead atoms. The van der Waals surface area contributed by atoms with E-state index in [2.05, 4.69) is 10.3 Å². The Kier molecular flexibility index (Phi) is 5.28. The zero-order valence-electron chi connectivity index (χ0n) is 14.9. The minimum atomic E-state index is -0.688. The molecule has 2 N–H and O–H groups in total. The van der Waals surface area contributed by atoms with Gasteiger partial charge >= 0.3 is 0 Å². The molecule has 0 fully saturated rings. The summed E-state index contributed by atoms with van der Waals surface area (Å²) in [5.74, 6) is -1.03. The highest BCUT2D eigenvalue weighted by molar-refractivity contribution is 6.31. The van der Waals surface area contributed by atoms with Crippen LogP contribution in [0.25, 0.3) is 11.4 Å². The van der Waals surface area contributed by atoms with Crippen LogP contribution in [0.2, 0.25) is 5.02 Å². The highest BCUT2D eigenvalue weighted by atomic mass is 35.5. The van der Waals surface area contributed by atoms with Crippen molar-refractivity contribution >= 4 is 17.5 Å². The number of aromatic nitrogens is 2. The first kappa shape index (κ1) is 18.7. The van der Waals surface area contributed by atoms with Crippen molar-refractivity contribution in [3.8, 4) is 17.1 Å². The van der Waals surface area contributed by atoms with E-state index in [0.717, 1.165) is 11.1 Å². The molecule has 2 aromatic carbocycles. The second kappa shape index (κ2) is 7.63. The van der Waals surface area contributed by atoms with Gasteiger partial charge in [0, 0.05) is 24.2 Å². The molecular weight excluding hydrogens is 366 g/mol. The smallest absolute Gasteiger partial charge is 0.296 e. The van der Waals surface area contributed by atoms with Gasteiger partial charge in [-0.15, -0.1) is 0 Å². The first-order chi connectivity index (χ1) is 12.9. The third-order valence-corrected chi connectivity index (χ3v) is 4.61.